The molecular formula is C12H18N2S2. The molecule has 4 heteroatoms. The molecule has 1 saturated heterocycles. The van der Waals surface area contributed by atoms with Crippen LogP contribution in [-0.2, 0) is 0 Å². The minimum absolute atomic E-state index is 0.353. The second-order valence-corrected chi connectivity index (χ2v) is 7.01. The molecule has 1 aromatic heterocycles. The van der Waals surface area contributed by atoms with E-state index in [9.17, 15) is 0 Å². The van der Waals surface area contributed by atoms with E-state index in [0.29, 0.717) is 17.2 Å². The van der Waals surface area contributed by atoms with Crippen LogP contribution in [0.5, 0.6) is 0 Å². The molecule has 0 spiro atoms. The molecule has 3 unspecified atom stereocenters. The molecule has 3 atom stereocenters. The van der Waals surface area contributed by atoms with Crippen molar-refractivity contribution in [3.8, 4) is 0 Å². The van der Waals surface area contributed by atoms with Crippen molar-refractivity contribution in [3.05, 3.63) is 16.1 Å². The Bertz CT molecular complexity index is 358. The van der Waals surface area contributed by atoms with Gasteiger partial charge in [0.25, 0.3) is 0 Å². The number of hydrogen-bond acceptors (Lipinski definition) is 4. The monoisotopic (exact) mass is 254 g/mol. The van der Waals surface area contributed by atoms with Crippen LogP contribution in [0.1, 0.15) is 54.0 Å². The van der Waals surface area contributed by atoms with Gasteiger partial charge in [-0.05, 0) is 31.4 Å². The van der Waals surface area contributed by atoms with E-state index in [1.54, 1.807) is 0 Å². The first kappa shape index (κ1) is 11.1. The summed E-state index contributed by atoms with van der Waals surface area (Å²) >= 11 is 3.92. The van der Waals surface area contributed by atoms with Crippen molar-refractivity contribution < 1.29 is 0 Å². The number of hydrogen-bond donors (Lipinski definition) is 1. The molecule has 2 heterocycles. The number of thiazole rings is 1. The highest BCUT2D eigenvalue weighted by atomic mass is 32.2. The first-order valence-electron chi connectivity index (χ1n) is 6.17. The number of thioether (sulfide) groups is 1. The Hall–Kier alpha value is -0.0600. The minimum atomic E-state index is 0.353. The molecule has 1 saturated carbocycles. The van der Waals surface area contributed by atoms with Crippen LogP contribution in [0, 0.1) is 0 Å². The van der Waals surface area contributed by atoms with E-state index in [2.05, 4.69) is 17.1 Å². The molecule has 1 aliphatic carbocycles. The fraction of sp³-hybridized carbons (Fsp3) is 0.750. The summed E-state index contributed by atoms with van der Waals surface area (Å²) in [4.78, 5) is 4.84. The highest BCUT2D eigenvalue weighted by Crippen LogP contribution is 2.42. The zero-order valence-electron chi connectivity index (χ0n) is 9.39. The molecule has 2 fully saturated rings. The van der Waals surface area contributed by atoms with E-state index >= 15 is 0 Å². The maximum absolute atomic E-state index is 6.13. The molecule has 3 rings (SSSR count). The molecule has 0 radical (unpaired) electrons. The minimum Gasteiger partial charge on any atom is -0.327 e. The summed E-state index contributed by atoms with van der Waals surface area (Å²) in [6.07, 6.45) is 6.36. The van der Waals surface area contributed by atoms with Gasteiger partial charge in [0.15, 0.2) is 0 Å². The van der Waals surface area contributed by atoms with E-state index in [4.69, 9.17) is 10.7 Å². The zero-order chi connectivity index (χ0) is 11.0. The molecule has 16 heavy (non-hydrogen) atoms. The van der Waals surface area contributed by atoms with Gasteiger partial charge in [0.2, 0.25) is 0 Å². The van der Waals surface area contributed by atoms with Gasteiger partial charge in [-0.3, -0.25) is 0 Å². The summed E-state index contributed by atoms with van der Waals surface area (Å²) in [5.74, 6) is 1.85. The lowest BCUT2D eigenvalue weighted by Gasteiger charge is -2.12. The maximum atomic E-state index is 6.13. The van der Waals surface area contributed by atoms with E-state index in [1.807, 2.05) is 11.3 Å². The zero-order valence-corrected chi connectivity index (χ0v) is 11.0. The van der Waals surface area contributed by atoms with Crippen LogP contribution in [0.2, 0.25) is 0 Å². The van der Waals surface area contributed by atoms with Crippen molar-refractivity contribution in [2.45, 2.75) is 49.3 Å². The lowest BCUT2D eigenvalue weighted by molar-refractivity contribution is 0.599. The fourth-order valence-corrected chi connectivity index (χ4v) is 5.16. The molecule has 0 bridgehead atoms. The summed E-state index contributed by atoms with van der Waals surface area (Å²) in [6.45, 7) is 0. The summed E-state index contributed by atoms with van der Waals surface area (Å²) in [7, 11) is 0. The molecule has 0 amide bonds. The SMILES string of the molecule is NC1CCCC1c1csc(C2CCCS2)n1. The number of aromatic nitrogens is 1. The molecule has 2 nitrogen and oxygen atoms in total. The van der Waals surface area contributed by atoms with Gasteiger partial charge in [-0.1, -0.05) is 6.42 Å². The average molecular weight is 254 g/mol. The standard InChI is InChI=1S/C12H18N2S2/c13-9-4-1-3-8(9)10-7-16-12(14-10)11-5-2-6-15-11/h7-9,11H,1-6,13H2. The average Bonchev–Trinajstić information content (AvgIpc) is 2.96. The van der Waals surface area contributed by atoms with Crippen LogP contribution in [0.4, 0.5) is 0 Å². The van der Waals surface area contributed by atoms with E-state index in [1.165, 1.54) is 48.6 Å². The lowest BCUT2D eigenvalue weighted by atomic mass is 10.0. The molecular weight excluding hydrogens is 236 g/mol. The molecule has 2 aliphatic rings. The van der Waals surface area contributed by atoms with Crippen molar-refractivity contribution in [1.29, 1.82) is 0 Å². The number of nitrogens with two attached hydrogens (primary N) is 1. The highest BCUT2D eigenvalue weighted by molar-refractivity contribution is 7.99. The third-order valence-corrected chi connectivity index (χ3v) is 6.21. The third kappa shape index (κ3) is 2.03. The van der Waals surface area contributed by atoms with E-state index in [-0.39, 0.29) is 0 Å². The van der Waals surface area contributed by atoms with Crippen molar-refractivity contribution in [3.63, 3.8) is 0 Å². The quantitative estimate of drug-likeness (QED) is 0.880. The van der Waals surface area contributed by atoms with Crippen LogP contribution >= 0.6 is 23.1 Å². The Kier molecular flexibility index (Phi) is 3.22. The number of rotatable bonds is 2. The Morgan fingerprint density at radius 1 is 1.25 bits per heavy atom. The van der Waals surface area contributed by atoms with Crippen molar-refractivity contribution in [1.82, 2.24) is 4.98 Å². The van der Waals surface area contributed by atoms with Crippen LogP contribution in [0.3, 0.4) is 0 Å². The lowest BCUT2D eigenvalue weighted by Crippen LogP contribution is -2.22. The van der Waals surface area contributed by atoms with Gasteiger partial charge < -0.3 is 5.73 Å². The first-order valence-corrected chi connectivity index (χ1v) is 8.10. The maximum Gasteiger partial charge on any atom is 0.106 e. The molecule has 2 N–H and O–H groups in total. The predicted molar refractivity (Wildman–Crippen MR) is 71.1 cm³/mol. The Morgan fingerprint density at radius 2 is 2.19 bits per heavy atom. The van der Waals surface area contributed by atoms with Crippen molar-refractivity contribution in [2.75, 3.05) is 5.75 Å². The van der Waals surface area contributed by atoms with Crippen LogP contribution < -0.4 is 5.73 Å². The first-order chi connectivity index (χ1) is 7.84. The molecule has 88 valence electrons. The fourth-order valence-electron chi connectivity index (χ4n) is 2.75. The smallest absolute Gasteiger partial charge is 0.106 e. The van der Waals surface area contributed by atoms with Crippen molar-refractivity contribution in [2.24, 2.45) is 5.73 Å². The van der Waals surface area contributed by atoms with E-state index in [0.717, 1.165) is 0 Å². The summed E-state index contributed by atoms with van der Waals surface area (Å²) < 4.78 is 0. The Labute approximate surface area is 105 Å². The molecule has 1 aromatic rings. The van der Waals surface area contributed by atoms with Crippen LogP contribution in [0.25, 0.3) is 0 Å². The second-order valence-electron chi connectivity index (χ2n) is 4.81. The topological polar surface area (TPSA) is 38.9 Å². The van der Waals surface area contributed by atoms with Crippen LogP contribution in [0.15, 0.2) is 5.38 Å². The third-order valence-electron chi connectivity index (χ3n) is 3.69. The summed E-state index contributed by atoms with van der Waals surface area (Å²) in [5.41, 5.74) is 7.41. The summed E-state index contributed by atoms with van der Waals surface area (Å²) in [6, 6.07) is 0.353. The van der Waals surface area contributed by atoms with Gasteiger partial charge in [0, 0.05) is 17.3 Å². The highest BCUT2D eigenvalue weighted by Gasteiger charge is 2.29. The normalized spacial score (nSPS) is 34.7. The predicted octanol–water partition coefficient (Wildman–Crippen LogP) is 3.31. The van der Waals surface area contributed by atoms with Gasteiger partial charge in [-0.25, -0.2) is 4.98 Å². The molecule has 0 aromatic carbocycles. The van der Waals surface area contributed by atoms with E-state index < -0.39 is 0 Å². The molecule has 1 aliphatic heterocycles. The van der Waals surface area contributed by atoms with Crippen LogP contribution in [-0.4, -0.2) is 16.8 Å². The van der Waals surface area contributed by atoms with Gasteiger partial charge in [0.05, 0.1) is 10.9 Å². The number of nitrogens with zero attached hydrogens (tertiary/aromatic N) is 1. The summed E-state index contributed by atoms with van der Waals surface area (Å²) in [5, 5.41) is 4.28. The van der Waals surface area contributed by atoms with Gasteiger partial charge in [-0.2, -0.15) is 11.8 Å². The Morgan fingerprint density at radius 3 is 2.88 bits per heavy atom. The van der Waals surface area contributed by atoms with Gasteiger partial charge in [-0.15, -0.1) is 11.3 Å². The second kappa shape index (κ2) is 4.67. The largest absolute Gasteiger partial charge is 0.327 e. The van der Waals surface area contributed by atoms with Gasteiger partial charge in [0.1, 0.15) is 5.01 Å². The van der Waals surface area contributed by atoms with Gasteiger partial charge >= 0.3 is 0 Å². The Balaban J connectivity index is 1.76. The van der Waals surface area contributed by atoms with Crippen molar-refractivity contribution >= 4 is 23.1 Å².